The van der Waals surface area contributed by atoms with Gasteiger partial charge in [0.2, 0.25) is 0 Å². The summed E-state index contributed by atoms with van der Waals surface area (Å²) in [5, 5.41) is 3.63. The van der Waals surface area contributed by atoms with Crippen molar-refractivity contribution < 1.29 is 4.42 Å². The molecule has 0 aliphatic carbocycles. The number of piperidine rings is 1. The minimum Gasteiger partial charge on any atom is -0.465 e. The Labute approximate surface area is 104 Å². The van der Waals surface area contributed by atoms with E-state index in [-0.39, 0.29) is 0 Å². The normalized spacial score (nSPS) is 30.7. The number of rotatable bonds is 3. The van der Waals surface area contributed by atoms with Gasteiger partial charge in [0.15, 0.2) is 0 Å². The summed E-state index contributed by atoms with van der Waals surface area (Å²) in [6.07, 6.45) is 1.22. The molecular weight excluding hydrogens is 212 g/mol. The van der Waals surface area contributed by atoms with Crippen molar-refractivity contribution in [1.82, 2.24) is 10.2 Å². The Morgan fingerprint density at radius 2 is 2.18 bits per heavy atom. The van der Waals surface area contributed by atoms with Gasteiger partial charge in [-0.25, -0.2) is 0 Å². The topological polar surface area (TPSA) is 28.4 Å². The lowest BCUT2D eigenvalue weighted by Crippen LogP contribution is -2.50. The summed E-state index contributed by atoms with van der Waals surface area (Å²) < 4.78 is 5.58. The molecule has 3 atom stereocenters. The molecule has 0 spiro atoms. The first kappa shape index (κ1) is 12.7. The highest BCUT2D eigenvalue weighted by Crippen LogP contribution is 2.21. The van der Waals surface area contributed by atoms with E-state index in [0.29, 0.717) is 18.0 Å². The Hall–Kier alpha value is -0.800. The molecule has 0 aromatic carbocycles. The fraction of sp³-hybridized carbons (Fsp3) is 0.714. The lowest BCUT2D eigenvalue weighted by atomic mass is 9.90. The van der Waals surface area contributed by atoms with Crippen molar-refractivity contribution in [3.8, 4) is 0 Å². The van der Waals surface area contributed by atoms with Crippen LogP contribution in [-0.4, -0.2) is 30.6 Å². The lowest BCUT2D eigenvalue weighted by Gasteiger charge is -2.40. The summed E-state index contributed by atoms with van der Waals surface area (Å²) in [6, 6.07) is 5.36. The molecule has 0 amide bonds. The predicted octanol–water partition coefficient (Wildman–Crippen LogP) is 2.41. The van der Waals surface area contributed by atoms with Crippen LogP contribution in [0.1, 0.15) is 31.8 Å². The van der Waals surface area contributed by atoms with Crippen LogP contribution >= 0.6 is 0 Å². The molecule has 1 aliphatic heterocycles. The minimum absolute atomic E-state index is 0.603. The Kier molecular flexibility index (Phi) is 3.89. The van der Waals surface area contributed by atoms with Crippen LogP contribution in [0.15, 0.2) is 16.5 Å². The van der Waals surface area contributed by atoms with E-state index in [1.165, 1.54) is 13.0 Å². The van der Waals surface area contributed by atoms with Gasteiger partial charge in [-0.2, -0.15) is 0 Å². The summed E-state index contributed by atoms with van der Waals surface area (Å²) in [5.41, 5.74) is 0. The van der Waals surface area contributed by atoms with Crippen molar-refractivity contribution in [2.45, 2.75) is 45.8 Å². The van der Waals surface area contributed by atoms with Crippen LogP contribution in [0.4, 0.5) is 0 Å². The number of nitrogens with one attached hydrogen (secondary N) is 1. The van der Waals surface area contributed by atoms with Crippen molar-refractivity contribution in [3.63, 3.8) is 0 Å². The van der Waals surface area contributed by atoms with Crippen LogP contribution in [0, 0.1) is 12.8 Å². The van der Waals surface area contributed by atoms with Gasteiger partial charge < -0.3 is 14.6 Å². The van der Waals surface area contributed by atoms with E-state index in [9.17, 15) is 0 Å². The summed E-state index contributed by atoms with van der Waals surface area (Å²) in [4.78, 5) is 2.44. The highest BCUT2D eigenvalue weighted by molar-refractivity contribution is 5.05. The molecule has 1 saturated heterocycles. The standard InChI is InChI=1S/C14H24N2O/c1-10-9-16(4)11(2)7-14(10)15-8-13-6-5-12(3)17-13/h5-6,10-11,14-15H,7-9H2,1-4H3. The molecule has 2 rings (SSSR count). The van der Waals surface area contributed by atoms with Gasteiger partial charge in [0.1, 0.15) is 11.5 Å². The zero-order valence-electron chi connectivity index (χ0n) is 11.4. The number of nitrogens with zero attached hydrogens (tertiary/aromatic N) is 1. The largest absolute Gasteiger partial charge is 0.465 e. The molecule has 3 heteroatoms. The van der Waals surface area contributed by atoms with Crippen molar-refractivity contribution in [3.05, 3.63) is 23.7 Å². The molecule has 1 aromatic heterocycles. The predicted molar refractivity (Wildman–Crippen MR) is 69.9 cm³/mol. The Balaban J connectivity index is 1.86. The van der Waals surface area contributed by atoms with E-state index in [1.54, 1.807) is 0 Å². The van der Waals surface area contributed by atoms with Crippen LogP contribution in [0.25, 0.3) is 0 Å². The second-order valence-corrected chi connectivity index (χ2v) is 5.50. The van der Waals surface area contributed by atoms with E-state index in [0.717, 1.165) is 18.1 Å². The second kappa shape index (κ2) is 5.23. The van der Waals surface area contributed by atoms with Gasteiger partial charge in [-0.05, 0) is 45.4 Å². The molecule has 17 heavy (non-hydrogen) atoms. The Bertz CT molecular complexity index is 361. The van der Waals surface area contributed by atoms with Gasteiger partial charge in [-0.1, -0.05) is 6.92 Å². The van der Waals surface area contributed by atoms with Gasteiger partial charge in [0.05, 0.1) is 6.54 Å². The monoisotopic (exact) mass is 236 g/mol. The first-order chi connectivity index (χ1) is 8.06. The van der Waals surface area contributed by atoms with Crippen LogP contribution in [0.5, 0.6) is 0 Å². The molecule has 1 fully saturated rings. The smallest absolute Gasteiger partial charge is 0.117 e. The van der Waals surface area contributed by atoms with E-state index in [4.69, 9.17) is 4.42 Å². The Morgan fingerprint density at radius 1 is 1.41 bits per heavy atom. The van der Waals surface area contributed by atoms with Crippen LogP contribution in [-0.2, 0) is 6.54 Å². The first-order valence-electron chi connectivity index (χ1n) is 6.55. The minimum atomic E-state index is 0.603. The van der Waals surface area contributed by atoms with Crippen LogP contribution in [0.2, 0.25) is 0 Å². The summed E-state index contributed by atoms with van der Waals surface area (Å²) in [7, 11) is 2.22. The van der Waals surface area contributed by atoms with Crippen molar-refractivity contribution in [2.75, 3.05) is 13.6 Å². The third kappa shape index (κ3) is 3.11. The second-order valence-electron chi connectivity index (χ2n) is 5.50. The van der Waals surface area contributed by atoms with E-state index in [2.05, 4.69) is 37.2 Å². The average Bonchev–Trinajstić information content (AvgIpc) is 2.68. The van der Waals surface area contributed by atoms with Crippen molar-refractivity contribution >= 4 is 0 Å². The van der Waals surface area contributed by atoms with Gasteiger partial charge in [-0.3, -0.25) is 0 Å². The molecule has 0 bridgehead atoms. The third-order valence-electron chi connectivity index (χ3n) is 3.94. The molecule has 1 N–H and O–H groups in total. The molecule has 96 valence electrons. The summed E-state index contributed by atoms with van der Waals surface area (Å²) in [6.45, 7) is 8.64. The number of furan rings is 1. The van der Waals surface area contributed by atoms with E-state index in [1.807, 2.05) is 13.0 Å². The zero-order chi connectivity index (χ0) is 12.4. The van der Waals surface area contributed by atoms with Crippen molar-refractivity contribution in [1.29, 1.82) is 0 Å². The molecule has 0 radical (unpaired) electrons. The Morgan fingerprint density at radius 3 is 2.82 bits per heavy atom. The maximum absolute atomic E-state index is 5.58. The maximum Gasteiger partial charge on any atom is 0.117 e. The number of hydrogen-bond acceptors (Lipinski definition) is 3. The summed E-state index contributed by atoms with van der Waals surface area (Å²) in [5.74, 6) is 2.74. The molecular formula is C14H24N2O. The van der Waals surface area contributed by atoms with E-state index >= 15 is 0 Å². The quantitative estimate of drug-likeness (QED) is 0.873. The lowest BCUT2D eigenvalue weighted by molar-refractivity contribution is 0.120. The first-order valence-corrected chi connectivity index (χ1v) is 6.55. The van der Waals surface area contributed by atoms with Gasteiger partial charge in [-0.15, -0.1) is 0 Å². The number of hydrogen-bond donors (Lipinski definition) is 1. The highest BCUT2D eigenvalue weighted by atomic mass is 16.3. The van der Waals surface area contributed by atoms with Gasteiger partial charge in [0.25, 0.3) is 0 Å². The number of likely N-dealkylation sites (tertiary alicyclic amines) is 1. The molecule has 0 saturated carbocycles. The van der Waals surface area contributed by atoms with Gasteiger partial charge in [0, 0.05) is 18.6 Å². The molecule has 3 nitrogen and oxygen atoms in total. The van der Waals surface area contributed by atoms with E-state index < -0.39 is 0 Å². The van der Waals surface area contributed by atoms with Gasteiger partial charge >= 0.3 is 0 Å². The van der Waals surface area contributed by atoms with Crippen LogP contribution in [0.3, 0.4) is 0 Å². The van der Waals surface area contributed by atoms with Crippen LogP contribution < -0.4 is 5.32 Å². The molecule has 2 heterocycles. The number of aryl methyl sites for hydroxylation is 1. The molecule has 3 unspecified atom stereocenters. The molecule has 1 aliphatic rings. The zero-order valence-corrected chi connectivity index (χ0v) is 11.4. The summed E-state index contributed by atoms with van der Waals surface area (Å²) >= 11 is 0. The maximum atomic E-state index is 5.58. The fourth-order valence-corrected chi connectivity index (χ4v) is 2.64. The fourth-order valence-electron chi connectivity index (χ4n) is 2.64. The van der Waals surface area contributed by atoms with Crippen molar-refractivity contribution in [2.24, 2.45) is 5.92 Å². The highest BCUT2D eigenvalue weighted by Gasteiger charge is 2.28. The molecule has 1 aromatic rings. The SMILES string of the molecule is Cc1ccc(CNC2CC(C)N(C)CC2C)o1. The average molecular weight is 236 g/mol. The third-order valence-corrected chi connectivity index (χ3v) is 3.94.